The fourth-order valence-corrected chi connectivity index (χ4v) is 3.76. The van der Waals surface area contributed by atoms with Gasteiger partial charge in [-0.25, -0.2) is 4.68 Å². The van der Waals surface area contributed by atoms with Crippen LogP contribution in [0.3, 0.4) is 0 Å². The van der Waals surface area contributed by atoms with E-state index in [1.165, 1.54) is 0 Å². The molecule has 0 N–H and O–H groups in total. The number of hydrogen-bond acceptors (Lipinski definition) is 5. The fraction of sp³-hybridized carbons (Fsp3) is 0.500. The summed E-state index contributed by atoms with van der Waals surface area (Å²) in [5.74, 6) is 0.237. The normalized spacial score (nSPS) is 16.5. The maximum Gasteiger partial charge on any atom is 0.310 e. The van der Waals surface area contributed by atoms with Crippen LogP contribution in [0, 0.1) is 5.92 Å². The summed E-state index contributed by atoms with van der Waals surface area (Å²) in [5.41, 5.74) is 2.38. The zero-order valence-corrected chi connectivity index (χ0v) is 17.4. The van der Waals surface area contributed by atoms with Crippen LogP contribution >= 0.6 is 0 Å². The number of esters is 1. The first-order valence-corrected chi connectivity index (χ1v) is 10.3. The van der Waals surface area contributed by atoms with Gasteiger partial charge in [-0.05, 0) is 50.5 Å². The Morgan fingerprint density at radius 1 is 1.21 bits per heavy atom. The Balaban J connectivity index is 1.84. The smallest absolute Gasteiger partial charge is 0.310 e. The number of aromatic nitrogens is 2. The topological polar surface area (TPSA) is 73.7 Å². The molecular formula is C22H29N3O4. The second-order valence-corrected chi connectivity index (χ2v) is 7.21. The number of hydrogen-bond donors (Lipinski definition) is 0. The largest absolute Gasteiger partial charge is 0.497 e. The Kier molecular flexibility index (Phi) is 6.90. The molecule has 7 nitrogen and oxygen atoms in total. The van der Waals surface area contributed by atoms with Crippen molar-refractivity contribution >= 4 is 11.9 Å². The molecule has 1 aliphatic heterocycles. The highest BCUT2D eigenvalue weighted by molar-refractivity contribution is 5.95. The van der Waals surface area contributed by atoms with Crippen molar-refractivity contribution in [3.05, 3.63) is 41.7 Å². The molecule has 1 fully saturated rings. The van der Waals surface area contributed by atoms with Crippen molar-refractivity contribution in [2.24, 2.45) is 5.92 Å². The summed E-state index contributed by atoms with van der Waals surface area (Å²) in [6, 6.07) is 7.61. The van der Waals surface area contributed by atoms with Crippen LogP contribution in [0.5, 0.6) is 5.75 Å². The van der Waals surface area contributed by atoms with Crippen molar-refractivity contribution in [1.29, 1.82) is 0 Å². The average molecular weight is 399 g/mol. The molecule has 3 rings (SSSR count). The minimum atomic E-state index is -0.251. The Morgan fingerprint density at radius 2 is 1.97 bits per heavy atom. The lowest BCUT2D eigenvalue weighted by molar-refractivity contribution is -0.149. The Hall–Kier alpha value is -2.83. The van der Waals surface area contributed by atoms with Gasteiger partial charge in [0, 0.05) is 13.1 Å². The molecule has 29 heavy (non-hydrogen) atoms. The zero-order chi connectivity index (χ0) is 20.8. The maximum absolute atomic E-state index is 13.3. The van der Waals surface area contributed by atoms with Gasteiger partial charge in [0.2, 0.25) is 0 Å². The molecule has 0 aliphatic carbocycles. The van der Waals surface area contributed by atoms with E-state index < -0.39 is 0 Å². The quantitative estimate of drug-likeness (QED) is 0.668. The number of amides is 1. The molecule has 1 atom stereocenters. The van der Waals surface area contributed by atoms with Crippen LogP contribution in [0.2, 0.25) is 0 Å². The first-order chi connectivity index (χ1) is 14.1. The van der Waals surface area contributed by atoms with Gasteiger partial charge in [0.05, 0.1) is 42.8 Å². The number of ether oxygens (including phenoxy) is 2. The minimum Gasteiger partial charge on any atom is -0.497 e. The molecule has 0 radical (unpaired) electrons. The van der Waals surface area contributed by atoms with E-state index in [2.05, 4.69) is 12.0 Å². The standard InChI is InChI=1S/C22H29N3O4/c1-4-7-20-19(14-23-25(20)17-9-11-18(28-3)12-10-17)21(26)24-13-6-8-16(15-24)22(27)29-5-2/h9-12,14,16H,4-8,13,15H2,1-3H3/t16-/m0/s1. The van der Waals surface area contributed by atoms with Crippen LogP contribution in [0.4, 0.5) is 0 Å². The van der Waals surface area contributed by atoms with Gasteiger partial charge in [-0.15, -0.1) is 0 Å². The van der Waals surface area contributed by atoms with E-state index >= 15 is 0 Å². The van der Waals surface area contributed by atoms with Gasteiger partial charge in [0.25, 0.3) is 5.91 Å². The number of rotatable bonds is 7. The fourth-order valence-electron chi connectivity index (χ4n) is 3.76. The molecule has 0 saturated carbocycles. The van der Waals surface area contributed by atoms with E-state index in [-0.39, 0.29) is 17.8 Å². The molecule has 2 aromatic rings. The summed E-state index contributed by atoms with van der Waals surface area (Å²) < 4.78 is 12.2. The first-order valence-electron chi connectivity index (χ1n) is 10.3. The predicted molar refractivity (Wildman–Crippen MR) is 109 cm³/mol. The molecule has 7 heteroatoms. The van der Waals surface area contributed by atoms with Gasteiger partial charge in [-0.3, -0.25) is 9.59 Å². The van der Waals surface area contributed by atoms with E-state index in [1.807, 2.05) is 28.9 Å². The molecule has 1 aromatic carbocycles. The molecule has 156 valence electrons. The highest BCUT2D eigenvalue weighted by atomic mass is 16.5. The summed E-state index contributed by atoms with van der Waals surface area (Å²) in [7, 11) is 1.63. The highest BCUT2D eigenvalue weighted by Crippen LogP contribution is 2.24. The van der Waals surface area contributed by atoms with Gasteiger partial charge in [-0.1, -0.05) is 13.3 Å². The lowest BCUT2D eigenvalue weighted by Gasteiger charge is -2.31. The van der Waals surface area contributed by atoms with Crippen LogP contribution in [-0.2, 0) is 16.0 Å². The predicted octanol–water partition coefficient (Wildman–Crippen LogP) is 3.25. The third-order valence-electron chi connectivity index (χ3n) is 5.23. The summed E-state index contributed by atoms with van der Waals surface area (Å²) in [4.78, 5) is 27.2. The van der Waals surface area contributed by atoms with Crippen LogP contribution < -0.4 is 4.74 Å². The summed E-state index contributed by atoms with van der Waals surface area (Å²) in [6.45, 7) is 5.29. The first kappa shape index (κ1) is 20.9. The summed E-state index contributed by atoms with van der Waals surface area (Å²) >= 11 is 0. The zero-order valence-electron chi connectivity index (χ0n) is 17.4. The second-order valence-electron chi connectivity index (χ2n) is 7.21. The van der Waals surface area contributed by atoms with Crippen molar-refractivity contribution in [3.63, 3.8) is 0 Å². The Morgan fingerprint density at radius 3 is 2.62 bits per heavy atom. The summed E-state index contributed by atoms with van der Waals surface area (Å²) in [5, 5.41) is 4.50. The lowest BCUT2D eigenvalue weighted by atomic mass is 9.97. The van der Waals surface area contributed by atoms with Crippen LogP contribution in [0.25, 0.3) is 5.69 Å². The van der Waals surface area contributed by atoms with E-state index in [4.69, 9.17) is 9.47 Å². The number of piperidine rings is 1. The molecular weight excluding hydrogens is 370 g/mol. The average Bonchev–Trinajstić information content (AvgIpc) is 3.17. The third-order valence-corrected chi connectivity index (χ3v) is 5.23. The molecule has 2 heterocycles. The van der Waals surface area contributed by atoms with E-state index in [0.29, 0.717) is 25.3 Å². The molecule has 1 aliphatic rings. The second kappa shape index (κ2) is 9.58. The van der Waals surface area contributed by atoms with Crippen molar-refractivity contribution in [2.45, 2.75) is 39.5 Å². The molecule has 1 saturated heterocycles. The Bertz CT molecular complexity index is 844. The van der Waals surface area contributed by atoms with E-state index in [0.717, 1.165) is 42.8 Å². The summed E-state index contributed by atoms with van der Waals surface area (Å²) in [6.07, 6.45) is 4.84. The highest BCUT2D eigenvalue weighted by Gasteiger charge is 2.31. The molecule has 1 amide bonds. The monoisotopic (exact) mass is 399 g/mol. The van der Waals surface area contributed by atoms with Gasteiger partial charge in [0.15, 0.2) is 0 Å². The molecule has 0 unspecified atom stereocenters. The molecule has 0 bridgehead atoms. The number of likely N-dealkylation sites (tertiary alicyclic amines) is 1. The maximum atomic E-state index is 13.3. The van der Waals surface area contributed by atoms with Crippen LogP contribution in [0.1, 0.15) is 49.2 Å². The van der Waals surface area contributed by atoms with Crippen LogP contribution in [-0.4, -0.2) is 53.4 Å². The van der Waals surface area contributed by atoms with Gasteiger partial charge in [0.1, 0.15) is 5.75 Å². The number of methoxy groups -OCH3 is 1. The SMILES string of the molecule is CCCc1c(C(=O)N2CCC[C@H](C(=O)OCC)C2)cnn1-c1ccc(OC)cc1. The third kappa shape index (κ3) is 4.60. The molecule has 1 aromatic heterocycles. The Labute approximate surface area is 171 Å². The number of benzene rings is 1. The van der Waals surface area contributed by atoms with Crippen molar-refractivity contribution < 1.29 is 19.1 Å². The van der Waals surface area contributed by atoms with Gasteiger partial charge < -0.3 is 14.4 Å². The molecule has 0 spiro atoms. The van der Waals surface area contributed by atoms with Crippen molar-refractivity contribution in [1.82, 2.24) is 14.7 Å². The van der Waals surface area contributed by atoms with Gasteiger partial charge >= 0.3 is 5.97 Å². The lowest BCUT2D eigenvalue weighted by Crippen LogP contribution is -2.43. The van der Waals surface area contributed by atoms with Gasteiger partial charge in [-0.2, -0.15) is 5.10 Å². The van der Waals surface area contributed by atoms with E-state index in [9.17, 15) is 9.59 Å². The van der Waals surface area contributed by atoms with E-state index in [1.54, 1.807) is 25.1 Å². The van der Waals surface area contributed by atoms with Crippen molar-refractivity contribution in [3.8, 4) is 11.4 Å². The minimum absolute atomic E-state index is 0.0674. The van der Waals surface area contributed by atoms with Crippen LogP contribution in [0.15, 0.2) is 30.5 Å². The number of carbonyl (C=O) groups is 2. The number of nitrogens with zero attached hydrogens (tertiary/aromatic N) is 3. The number of carbonyl (C=O) groups excluding carboxylic acids is 2. The van der Waals surface area contributed by atoms with Crippen molar-refractivity contribution in [2.75, 3.05) is 26.8 Å².